The Labute approximate surface area is 164 Å². The first-order valence-electron chi connectivity index (χ1n) is 8.62. The van der Waals surface area contributed by atoms with Crippen LogP contribution in [0, 0.1) is 6.92 Å². The molecule has 0 radical (unpaired) electrons. The number of hydrogen-bond acceptors (Lipinski definition) is 3. The molecular weight excluding hydrogens is 385 g/mol. The number of halogens is 3. The van der Waals surface area contributed by atoms with Crippen molar-refractivity contribution in [3.8, 4) is 5.69 Å². The van der Waals surface area contributed by atoms with Gasteiger partial charge in [-0.3, -0.25) is 9.59 Å². The highest BCUT2D eigenvalue weighted by molar-refractivity contribution is 6.08. The first-order chi connectivity index (χ1) is 13.7. The smallest absolute Gasteiger partial charge is 0.343 e. The molecule has 2 N–H and O–H groups in total. The van der Waals surface area contributed by atoms with E-state index in [4.69, 9.17) is 0 Å². The first kappa shape index (κ1) is 20.1. The van der Waals surface area contributed by atoms with Crippen LogP contribution in [-0.2, 0) is 0 Å². The summed E-state index contributed by atoms with van der Waals surface area (Å²) in [5.41, 5.74) is 1.61. The van der Waals surface area contributed by atoms with Gasteiger partial charge in [0.2, 0.25) is 0 Å². The molecule has 3 aromatic rings. The summed E-state index contributed by atoms with van der Waals surface area (Å²) < 4.78 is 38.6. The summed E-state index contributed by atoms with van der Waals surface area (Å²) in [5.74, 6) is -1.52. The zero-order chi connectivity index (χ0) is 21.0. The molecule has 0 aliphatic carbocycles. The summed E-state index contributed by atoms with van der Waals surface area (Å²) >= 11 is 0. The van der Waals surface area contributed by atoms with E-state index in [2.05, 4.69) is 10.4 Å². The maximum atomic E-state index is 12.6. The van der Waals surface area contributed by atoms with Crippen molar-refractivity contribution in [2.75, 3.05) is 11.9 Å². The second kappa shape index (κ2) is 8.17. The predicted octanol–water partition coefficient (Wildman–Crippen LogP) is 3.73. The molecule has 0 saturated heterocycles. The van der Waals surface area contributed by atoms with Crippen molar-refractivity contribution in [1.82, 2.24) is 15.1 Å². The van der Waals surface area contributed by atoms with Crippen LogP contribution in [0.25, 0.3) is 5.69 Å². The lowest BCUT2D eigenvalue weighted by molar-refractivity contribution is -0.123. The first-order valence-corrected chi connectivity index (χ1v) is 8.62. The van der Waals surface area contributed by atoms with E-state index in [1.807, 2.05) is 30.3 Å². The van der Waals surface area contributed by atoms with Crippen LogP contribution in [0.5, 0.6) is 0 Å². The minimum atomic E-state index is -4.53. The highest BCUT2D eigenvalue weighted by Crippen LogP contribution is 2.19. The van der Waals surface area contributed by atoms with Gasteiger partial charge >= 0.3 is 6.18 Å². The fraction of sp³-hybridized carbons (Fsp3) is 0.150. The lowest BCUT2D eigenvalue weighted by Gasteiger charge is -2.12. The van der Waals surface area contributed by atoms with Crippen molar-refractivity contribution in [3.63, 3.8) is 0 Å². The molecule has 9 heteroatoms. The number of amides is 2. The zero-order valence-electron chi connectivity index (χ0n) is 15.3. The molecule has 1 heterocycles. The number of aryl methyl sites for hydroxylation is 1. The largest absolute Gasteiger partial charge is 0.405 e. The van der Waals surface area contributed by atoms with Gasteiger partial charge in [-0.15, -0.1) is 0 Å². The Hall–Kier alpha value is -3.62. The minimum Gasteiger partial charge on any atom is -0.343 e. The summed E-state index contributed by atoms with van der Waals surface area (Å²) in [5, 5.41) is 8.61. The lowest BCUT2D eigenvalue weighted by atomic mass is 10.1. The number of anilines is 1. The molecule has 0 fully saturated rings. The van der Waals surface area contributed by atoms with Crippen LogP contribution in [0.15, 0.2) is 60.7 Å². The standard InChI is InChI=1S/C20H17F3N4O2/c1-13-11-17(26-27(13)14-7-3-2-4-8-14)19(29)25-16-10-6-5-9-15(16)18(28)24-12-20(21,22)23/h2-11H,12H2,1H3,(H,24,28)(H,25,29). The van der Waals surface area contributed by atoms with Gasteiger partial charge in [-0.2, -0.15) is 18.3 Å². The SMILES string of the molecule is Cc1cc(C(=O)Nc2ccccc2C(=O)NCC(F)(F)F)nn1-c1ccccc1. The molecule has 0 spiro atoms. The van der Waals surface area contributed by atoms with Crippen LogP contribution in [0.3, 0.4) is 0 Å². The second-order valence-electron chi connectivity index (χ2n) is 6.22. The Kier molecular flexibility index (Phi) is 5.67. The van der Waals surface area contributed by atoms with E-state index in [1.165, 1.54) is 18.2 Å². The van der Waals surface area contributed by atoms with Gasteiger partial charge in [-0.25, -0.2) is 4.68 Å². The summed E-state index contributed by atoms with van der Waals surface area (Å²) in [7, 11) is 0. The minimum absolute atomic E-state index is 0.0793. The third-order valence-corrected chi connectivity index (χ3v) is 3.99. The fourth-order valence-corrected chi connectivity index (χ4v) is 2.67. The van der Waals surface area contributed by atoms with Crippen LogP contribution in [0.1, 0.15) is 26.5 Å². The molecule has 6 nitrogen and oxygen atoms in total. The summed E-state index contributed by atoms with van der Waals surface area (Å²) in [6.07, 6.45) is -4.53. The number of nitrogens with one attached hydrogen (secondary N) is 2. The third-order valence-electron chi connectivity index (χ3n) is 3.99. The number of aromatic nitrogens is 2. The lowest BCUT2D eigenvalue weighted by Crippen LogP contribution is -2.34. The van der Waals surface area contributed by atoms with Gasteiger partial charge in [0, 0.05) is 5.69 Å². The monoisotopic (exact) mass is 402 g/mol. The number of rotatable bonds is 5. The van der Waals surface area contributed by atoms with Crippen molar-refractivity contribution in [1.29, 1.82) is 0 Å². The maximum absolute atomic E-state index is 12.6. The van der Waals surface area contributed by atoms with Crippen LogP contribution in [0.4, 0.5) is 18.9 Å². The quantitative estimate of drug-likeness (QED) is 0.683. The van der Waals surface area contributed by atoms with Crippen molar-refractivity contribution in [2.45, 2.75) is 13.1 Å². The Morgan fingerprint density at radius 3 is 2.34 bits per heavy atom. The van der Waals surface area contributed by atoms with Crippen LogP contribution in [-0.4, -0.2) is 34.3 Å². The topological polar surface area (TPSA) is 76.0 Å². The van der Waals surface area contributed by atoms with E-state index < -0.39 is 24.5 Å². The number of carbonyl (C=O) groups excluding carboxylic acids is 2. The van der Waals surface area contributed by atoms with E-state index in [0.717, 1.165) is 11.4 Å². The molecule has 0 aliphatic heterocycles. The second-order valence-corrected chi connectivity index (χ2v) is 6.22. The average molecular weight is 402 g/mol. The molecule has 0 saturated carbocycles. The van der Waals surface area contributed by atoms with E-state index >= 15 is 0 Å². The van der Waals surface area contributed by atoms with Gasteiger partial charge in [0.15, 0.2) is 5.69 Å². The Morgan fingerprint density at radius 2 is 1.66 bits per heavy atom. The van der Waals surface area contributed by atoms with E-state index in [-0.39, 0.29) is 16.9 Å². The normalized spacial score (nSPS) is 11.2. The van der Waals surface area contributed by atoms with Gasteiger partial charge < -0.3 is 10.6 Å². The Morgan fingerprint density at radius 1 is 1.00 bits per heavy atom. The Bertz CT molecular complexity index is 1030. The molecular formula is C20H17F3N4O2. The zero-order valence-corrected chi connectivity index (χ0v) is 15.3. The molecule has 0 atom stereocenters. The number of para-hydroxylation sites is 2. The van der Waals surface area contributed by atoms with Crippen LogP contribution in [0.2, 0.25) is 0 Å². The number of hydrogen-bond donors (Lipinski definition) is 2. The molecule has 3 rings (SSSR count). The molecule has 150 valence electrons. The van der Waals surface area contributed by atoms with Gasteiger partial charge in [0.1, 0.15) is 6.54 Å². The number of benzene rings is 2. The van der Waals surface area contributed by atoms with E-state index in [1.54, 1.807) is 29.1 Å². The summed E-state index contributed by atoms with van der Waals surface area (Å²) in [6.45, 7) is 0.324. The number of nitrogens with zero attached hydrogens (tertiary/aromatic N) is 2. The molecule has 2 aromatic carbocycles. The molecule has 0 unspecified atom stereocenters. The van der Waals surface area contributed by atoms with Gasteiger partial charge in [0.25, 0.3) is 11.8 Å². The molecule has 29 heavy (non-hydrogen) atoms. The Balaban J connectivity index is 1.79. The fourth-order valence-electron chi connectivity index (χ4n) is 2.67. The predicted molar refractivity (Wildman–Crippen MR) is 101 cm³/mol. The average Bonchev–Trinajstić information content (AvgIpc) is 3.08. The summed E-state index contributed by atoms with van der Waals surface area (Å²) in [4.78, 5) is 24.7. The highest BCUT2D eigenvalue weighted by Gasteiger charge is 2.28. The van der Waals surface area contributed by atoms with Crippen LogP contribution < -0.4 is 10.6 Å². The number of carbonyl (C=O) groups is 2. The van der Waals surface area contributed by atoms with E-state index in [9.17, 15) is 22.8 Å². The van der Waals surface area contributed by atoms with Crippen molar-refractivity contribution in [3.05, 3.63) is 77.6 Å². The molecule has 0 aliphatic rings. The van der Waals surface area contributed by atoms with Crippen LogP contribution >= 0.6 is 0 Å². The van der Waals surface area contributed by atoms with Gasteiger partial charge in [-0.1, -0.05) is 30.3 Å². The van der Waals surface area contributed by atoms with Crippen molar-refractivity contribution < 1.29 is 22.8 Å². The van der Waals surface area contributed by atoms with Crippen molar-refractivity contribution >= 4 is 17.5 Å². The van der Waals surface area contributed by atoms with E-state index in [0.29, 0.717) is 0 Å². The van der Waals surface area contributed by atoms with Gasteiger partial charge in [0.05, 0.1) is 16.9 Å². The highest BCUT2D eigenvalue weighted by atomic mass is 19.4. The van der Waals surface area contributed by atoms with Crippen molar-refractivity contribution in [2.24, 2.45) is 0 Å². The summed E-state index contributed by atoms with van der Waals surface area (Å²) in [6, 6.07) is 16.6. The maximum Gasteiger partial charge on any atom is 0.405 e. The molecule has 0 bridgehead atoms. The number of alkyl halides is 3. The molecule has 1 aromatic heterocycles. The molecule has 2 amide bonds. The third kappa shape index (κ3) is 5.01. The van der Waals surface area contributed by atoms with Gasteiger partial charge in [-0.05, 0) is 37.3 Å².